The van der Waals surface area contributed by atoms with Crippen LogP contribution in [0, 0.1) is 5.92 Å². The van der Waals surface area contributed by atoms with Crippen molar-refractivity contribution in [3.8, 4) is 0 Å². The van der Waals surface area contributed by atoms with Crippen molar-refractivity contribution in [2.45, 2.75) is 20.0 Å². The average Bonchev–Trinajstić information content (AvgIpc) is 2.16. The molecule has 0 saturated heterocycles. The monoisotopic (exact) mass is 212 g/mol. The molecule has 3 heteroatoms. The van der Waals surface area contributed by atoms with E-state index in [1.807, 2.05) is 0 Å². The molecule has 0 amide bonds. The molecule has 14 heavy (non-hydrogen) atoms. The van der Waals surface area contributed by atoms with Crippen molar-refractivity contribution in [2.75, 3.05) is 0 Å². The second-order valence-corrected chi connectivity index (χ2v) is 3.83. The third-order valence-electron chi connectivity index (χ3n) is 2.33. The van der Waals surface area contributed by atoms with Crippen molar-refractivity contribution in [3.63, 3.8) is 0 Å². The van der Waals surface area contributed by atoms with Gasteiger partial charge in [-0.1, -0.05) is 30.7 Å². The molecule has 2 nitrogen and oxygen atoms in total. The first-order valence-corrected chi connectivity index (χ1v) is 4.84. The van der Waals surface area contributed by atoms with Gasteiger partial charge in [0.2, 0.25) is 0 Å². The number of hydrogen-bond acceptors (Lipinski definition) is 2. The molecule has 1 rings (SSSR count). The van der Waals surface area contributed by atoms with E-state index < -0.39 is 6.10 Å². The zero-order chi connectivity index (χ0) is 10.7. The number of aliphatic hydroxyl groups excluding tert-OH is 1. The largest absolute Gasteiger partial charge is 0.388 e. The summed E-state index contributed by atoms with van der Waals surface area (Å²) in [4.78, 5) is 11.0. The van der Waals surface area contributed by atoms with Crippen LogP contribution in [0.4, 0.5) is 0 Å². The second-order valence-electron chi connectivity index (χ2n) is 3.40. The maximum Gasteiger partial charge on any atom is 0.135 e. The molecule has 0 fully saturated rings. The summed E-state index contributed by atoms with van der Waals surface area (Å²) in [5.74, 6) is -0.399. The van der Waals surface area contributed by atoms with Gasteiger partial charge in [0.15, 0.2) is 0 Å². The predicted octanol–water partition coefficient (Wildman–Crippen LogP) is 2.60. The van der Waals surface area contributed by atoms with Gasteiger partial charge < -0.3 is 5.11 Å². The number of carbonyl (C=O) groups is 1. The Labute approximate surface area is 88.5 Å². The number of aliphatic hydroxyl groups is 1. The molecule has 0 spiro atoms. The quantitative estimate of drug-likeness (QED) is 0.836. The molecule has 0 radical (unpaired) electrons. The Bertz CT molecular complexity index is 319. The second kappa shape index (κ2) is 4.58. The normalized spacial score (nSPS) is 14.9. The average molecular weight is 213 g/mol. The van der Waals surface area contributed by atoms with Crippen LogP contribution in [0.25, 0.3) is 0 Å². The first kappa shape index (κ1) is 11.2. The highest BCUT2D eigenvalue weighted by atomic mass is 35.5. The zero-order valence-corrected chi connectivity index (χ0v) is 8.95. The predicted molar refractivity (Wildman–Crippen MR) is 56.3 cm³/mol. The smallest absolute Gasteiger partial charge is 0.135 e. The minimum Gasteiger partial charge on any atom is -0.388 e. The van der Waals surface area contributed by atoms with Gasteiger partial charge in [0.25, 0.3) is 0 Å². The molecule has 76 valence electrons. The summed E-state index contributed by atoms with van der Waals surface area (Å²) in [6.07, 6.45) is -0.746. The van der Waals surface area contributed by atoms with Crippen molar-refractivity contribution in [1.29, 1.82) is 0 Å². The first-order valence-electron chi connectivity index (χ1n) is 4.46. The molecule has 1 N–H and O–H groups in total. The number of halogens is 1. The first-order chi connectivity index (χ1) is 6.52. The molecule has 2 atom stereocenters. The molecule has 0 aromatic heterocycles. The Hall–Kier alpha value is -0.860. The minimum absolute atomic E-state index is 0.0209. The fraction of sp³-hybridized carbons (Fsp3) is 0.364. The van der Waals surface area contributed by atoms with Crippen LogP contribution >= 0.6 is 11.6 Å². The van der Waals surface area contributed by atoms with Gasteiger partial charge in [-0.3, -0.25) is 4.79 Å². The molecule has 1 aromatic carbocycles. The van der Waals surface area contributed by atoms with Gasteiger partial charge in [0, 0.05) is 10.9 Å². The lowest BCUT2D eigenvalue weighted by atomic mass is 9.94. The lowest BCUT2D eigenvalue weighted by molar-refractivity contribution is -0.123. The zero-order valence-electron chi connectivity index (χ0n) is 8.20. The Balaban J connectivity index is 2.84. The van der Waals surface area contributed by atoms with Gasteiger partial charge in [0.05, 0.1) is 6.10 Å². The van der Waals surface area contributed by atoms with Gasteiger partial charge in [-0.05, 0) is 24.6 Å². The van der Waals surface area contributed by atoms with Crippen LogP contribution in [0.2, 0.25) is 5.02 Å². The number of rotatable bonds is 3. The van der Waals surface area contributed by atoms with E-state index in [-0.39, 0.29) is 11.7 Å². The molecule has 0 bridgehead atoms. The van der Waals surface area contributed by atoms with E-state index in [1.165, 1.54) is 6.92 Å². The third kappa shape index (κ3) is 2.56. The molecule has 1 aromatic rings. The van der Waals surface area contributed by atoms with Crippen molar-refractivity contribution < 1.29 is 9.90 Å². The number of hydrogen-bond donors (Lipinski definition) is 1. The topological polar surface area (TPSA) is 37.3 Å². The van der Waals surface area contributed by atoms with Gasteiger partial charge in [0.1, 0.15) is 5.78 Å². The summed E-state index contributed by atoms with van der Waals surface area (Å²) in [5.41, 5.74) is 0.720. The Morgan fingerprint density at radius 3 is 2.29 bits per heavy atom. The third-order valence-corrected chi connectivity index (χ3v) is 2.58. The summed E-state index contributed by atoms with van der Waals surface area (Å²) < 4.78 is 0. The minimum atomic E-state index is -0.746. The van der Waals surface area contributed by atoms with Gasteiger partial charge >= 0.3 is 0 Å². The standard InChI is InChI=1S/C11H13ClO2/c1-7(8(2)13)11(14)9-3-5-10(12)6-4-9/h3-7,11,14H,1-2H3/t7-,11-/m0/s1. The Morgan fingerprint density at radius 1 is 1.36 bits per heavy atom. The van der Waals surface area contributed by atoms with E-state index in [1.54, 1.807) is 31.2 Å². The number of ketones is 1. The summed E-state index contributed by atoms with van der Waals surface area (Å²) >= 11 is 5.71. The van der Waals surface area contributed by atoms with E-state index in [2.05, 4.69) is 0 Å². The van der Waals surface area contributed by atoms with E-state index in [0.717, 1.165) is 5.56 Å². The van der Waals surface area contributed by atoms with Crippen LogP contribution in [-0.2, 0) is 4.79 Å². The lowest BCUT2D eigenvalue weighted by Crippen LogP contribution is -2.16. The van der Waals surface area contributed by atoms with Gasteiger partial charge in [-0.15, -0.1) is 0 Å². The molecular weight excluding hydrogens is 200 g/mol. The molecule has 0 aliphatic heterocycles. The highest BCUT2D eigenvalue weighted by Crippen LogP contribution is 2.23. The number of carbonyl (C=O) groups excluding carboxylic acids is 1. The molecule has 0 aliphatic carbocycles. The SMILES string of the molecule is CC(=O)[C@H](C)[C@H](O)c1ccc(Cl)cc1. The highest BCUT2D eigenvalue weighted by Gasteiger charge is 2.19. The lowest BCUT2D eigenvalue weighted by Gasteiger charge is -2.16. The van der Waals surface area contributed by atoms with Crippen LogP contribution in [0.15, 0.2) is 24.3 Å². The van der Waals surface area contributed by atoms with Crippen molar-refractivity contribution in [1.82, 2.24) is 0 Å². The Morgan fingerprint density at radius 2 is 1.86 bits per heavy atom. The maximum atomic E-state index is 11.0. The maximum absolute atomic E-state index is 11.0. The number of Topliss-reactive ketones (excluding diaryl/α,β-unsaturated/α-hetero) is 1. The van der Waals surface area contributed by atoms with Gasteiger partial charge in [-0.25, -0.2) is 0 Å². The fourth-order valence-electron chi connectivity index (χ4n) is 1.17. The van der Waals surface area contributed by atoms with Crippen LogP contribution in [0.5, 0.6) is 0 Å². The fourth-order valence-corrected chi connectivity index (χ4v) is 1.30. The van der Waals surface area contributed by atoms with E-state index in [9.17, 15) is 9.90 Å². The van der Waals surface area contributed by atoms with Crippen LogP contribution in [-0.4, -0.2) is 10.9 Å². The van der Waals surface area contributed by atoms with Crippen LogP contribution < -0.4 is 0 Å². The number of benzene rings is 1. The Kier molecular flexibility index (Phi) is 3.67. The summed E-state index contributed by atoms with van der Waals surface area (Å²) in [7, 11) is 0. The molecule has 0 unspecified atom stereocenters. The van der Waals surface area contributed by atoms with E-state index in [0.29, 0.717) is 5.02 Å². The van der Waals surface area contributed by atoms with E-state index in [4.69, 9.17) is 11.6 Å². The van der Waals surface area contributed by atoms with Crippen molar-refractivity contribution in [2.24, 2.45) is 5.92 Å². The summed E-state index contributed by atoms with van der Waals surface area (Å²) in [6.45, 7) is 3.19. The van der Waals surface area contributed by atoms with Crippen molar-refractivity contribution >= 4 is 17.4 Å². The van der Waals surface area contributed by atoms with Gasteiger partial charge in [-0.2, -0.15) is 0 Å². The molecular formula is C11H13ClO2. The highest BCUT2D eigenvalue weighted by molar-refractivity contribution is 6.30. The van der Waals surface area contributed by atoms with Crippen molar-refractivity contribution in [3.05, 3.63) is 34.9 Å². The molecule has 0 heterocycles. The molecule has 0 aliphatic rings. The van der Waals surface area contributed by atoms with Crippen LogP contribution in [0.1, 0.15) is 25.5 Å². The van der Waals surface area contributed by atoms with Crippen LogP contribution in [0.3, 0.4) is 0 Å². The molecule has 0 saturated carbocycles. The van der Waals surface area contributed by atoms with E-state index >= 15 is 0 Å². The summed E-state index contributed by atoms with van der Waals surface area (Å²) in [5, 5.41) is 10.4. The summed E-state index contributed by atoms with van der Waals surface area (Å²) in [6, 6.07) is 6.86.